The molecule has 15 heavy (non-hydrogen) atoms. The minimum atomic E-state index is 0.0157. The number of pyridine rings is 1. The molecule has 0 aliphatic heterocycles. The van der Waals surface area contributed by atoms with Crippen LogP contribution in [-0.2, 0) is 10.3 Å². The molecule has 1 aliphatic rings. The van der Waals surface area contributed by atoms with E-state index in [1.54, 1.807) is 19.5 Å². The van der Waals surface area contributed by atoms with Crippen LogP contribution in [0.4, 0.5) is 0 Å². The molecule has 5 heteroatoms. The maximum absolute atomic E-state index is 5.31. The summed E-state index contributed by atoms with van der Waals surface area (Å²) in [7, 11) is 1.65. The molecule has 82 valence electrons. The zero-order valence-corrected chi connectivity index (χ0v) is 10.1. The second-order valence-electron chi connectivity index (χ2n) is 3.79. The van der Waals surface area contributed by atoms with Crippen LogP contribution in [0.25, 0.3) is 0 Å². The van der Waals surface area contributed by atoms with Gasteiger partial charge in [0.2, 0.25) is 0 Å². The van der Waals surface area contributed by atoms with Gasteiger partial charge in [0, 0.05) is 21.6 Å². The first-order valence-electron chi connectivity index (χ1n) is 4.73. The first-order valence-corrected chi connectivity index (χ1v) is 5.52. The van der Waals surface area contributed by atoms with Gasteiger partial charge in [0.15, 0.2) is 0 Å². The van der Waals surface area contributed by atoms with E-state index in [0.717, 1.165) is 28.6 Å². The third kappa shape index (κ3) is 1.87. The van der Waals surface area contributed by atoms with Crippen molar-refractivity contribution in [3.63, 3.8) is 0 Å². The number of rotatable bonds is 4. The first-order chi connectivity index (χ1) is 7.23. The van der Waals surface area contributed by atoms with Crippen LogP contribution in [0.1, 0.15) is 18.4 Å². The van der Waals surface area contributed by atoms with Crippen molar-refractivity contribution in [2.24, 2.45) is 5.90 Å². The zero-order valence-electron chi connectivity index (χ0n) is 8.50. The molecule has 1 aromatic heterocycles. The van der Waals surface area contributed by atoms with Crippen LogP contribution in [0.3, 0.4) is 0 Å². The van der Waals surface area contributed by atoms with Crippen molar-refractivity contribution in [1.82, 2.24) is 4.98 Å². The van der Waals surface area contributed by atoms with E-state index in [2.05, 4.69) is 20.9 Å². The molecule has 0 atom stereocenters. The first kappa shape index (κ1) is 10.9. The Balaban J connectivity index is 2.42. The van der Waals surface area contributed by atoms with Crippen molar-refractivity contribution in [2.45, 2.75) is 18.3 Å². The highest BCUT2D eigenvalue weighted by Gasteiger charge is 2.47. The number of methoxy groups -OCH3 is 1. The molecule has 0 saturated heterocycles. The smallest absolute Gasteiger partial charge is 0.142 e. The summed E-state index contributed by atoms with van der Waals surface area (Å²) >= 11 is 3.49. The summed E-state index contributed by atoms with van der Waals surface area (Å²) < 4.78 is 6.26. The van der Waals surface area contributed by atoms with Gasteiger partial charge in [-0.1, -0.05) is 0 Å². The van der Waals surface area contributed by atoms with Crippen molar-refractivity contribution in [3.8, 4) is 5.75 Å². The highest BCUT2D eigenvalue weighted by molar-refractivity contribution is 9.10. The van der Waals surface area contributed by atoms with E-state index < -0.39 is 0 Å². The van der Waals surface area contributed by atoms with Gasteiger partial charge in [-0.3, -0.25) is 4.98 Å². The molecular formula is C10H13BrN2O2. The molecule has 1 fully saturated rings. The Morgan fingerprint density at radius 2 is 2.27 bits per heavy atom. The monoisotopic (exact) mass is 272 g/mol. The lowest BCUT2D eigenvalue weighted by Gasteiger charge is -2.18. The number of halogens is 1. The number of hydrogen-bond acceptors (Lipinski definition) is 4. The van der Waals surface area contributed by atoms with Crippen LogP contribution in [0, 0.1) is 0 Å². The second-order valence-corrected chi connectivity index (χ2v) is 4.64. The van der Waals surface area contributed by atoms with Gasteiger partial charge in [-0.15, -0.1) is 0 Å². The molecular weight excluding hydrogens is 260 g/mol. The molecule has 1 aliphatic carbocycles. The van der Waals surface area contributed by atoms with Crippen LogP contribution < -0.4 is 10.6 Å². The van der Waals surface area contributed by atoms with Crippen molar-refractivity contribution >= 4 is 15.9 Å². The fourth-order valence-electron chi connectivity index (χ4n) is 1.86. The van der Waals surface area contributed by atoms with Gasteiger partial charge in [-0.2, -0.15) is 0 Å². The van der Waals surface area contributed by atoms with E-state index in [4.69, 9.17) is 15.5 Å². The van der Waals surface area contributed by atoms with Crippen LogP contribution >= 0.6 is 15.9 Å². The molecule has 2 N–H and O–H groups in total. The minimum absolute atomic E-state index is 0.0157. The molecule has 2 rings (SSSR count). The lowest BCUT2D eigenvalue weighted by atomic mass is 9.97. The van der Waals surface area contributed by atoms with Gasteiger partial charge in [0.05, 0.1) is 19.9 Å². The third-order valence-electron chi connectivity index (χ3n) is 2.83. The average molecular weight is 273 g/mol. The zero-order chi connectivity index (χ0) is 10.9. The van der Waals surface area contributed by atoms with E-state index in [-0.39, 0.29) is 5.41 Å². The minimum Gasteiger partial charge on any atom is -0.495 e. The number of ether oxygens (including phenoxy) is 1. The van der Waals surface area contributed by atoms with Gasteiger partial charge >= 0.3 is 0 Å². The summed E-state index contributed by atoms with van der Waals surface area (Å²) in [5.41, 5.74) is 1.13. The lowest BCUT2D eigenvalue weighted by molar-refractivity contribution is 0.115. The van der Waals surface area contributed by atoms with Crippen molar-refractivity contribution in [3.05, 3.63) is 22.4 Å². The van der Waals surface area contributed by atoms with Crippen LogP contribution in [0.15, 0.2) is 16.9 Å². The Bertz CT molecular complexity index is 366. The van der Waals surface area contributed by atoms with Gasteiger partial charge < -0.3 is 9.57 Å². The van der Waals surface area contributed by atoms with Gasteiger partial charge in [-0.05, 0) is 28.8 Å². The SMILES string of the molecule is COc1cncc(Br)c1C1(CON)CC1. The Hall–Kier alpha value is -0.650. The maximum atomic E-state index is 5.31. The van der Waals surface area contributed by atoms with Gasteiger partial charge in [-0.25, -0.2) is 5.90 Å². The summed E-state index contributed by atoms with van der Waals surface area (Å²) in [5.74, 6) is 5.95. The summed E-state index contributed by atoms with van der Waals surface area (Å²) in [6, 6.07) is 0. The summed E-state index contributed by atoms with van der Waals surface area (Å²) in [6.07, 6.45) is 5.64. The van der Waals surface area contributed by atoms with E-state index in [9.17, 15) is 0 Å². The number of nitrogens with zero attached hydrogens (tertiary/aromatic N) is 1. The maximum Gasteiger partial charge on any atom is 0.142 e. The number of aromatic nitrogens is 1. The predicted molar refractivity (Wildman–Crippen MR) is 59.5 cm³/mol. The highest BCUT2D eigenvalue weighted by atomic mass is 79.9. The van der Waals surface area contributed by atoms with Crippen molar-refractivity contribution in [2.75, 3.05) is 13.7 Å². The van der Waals surface area contributed by atoms with Crippen molar-refractivity contribution < 1.29 is 9.57 Å². The van der Waals surface area contributed by atoms with Crippen molar-refractivity contribution in [1.29, 1.82) is 0 Å². The topological polar surface area (TPSA) is 57.4 Å². The molecule has 0 amide bonds. The molecule has 4 nitrogen and oxygen atoms in total. The molecule has 0 bridgehead atoms. The second kappa shape index (κ2) is 4.08. The quantitative estimate of drug-likeness (QED) is 0.849. The number of hydrogen-bond donors (Lipinski definition) is 1. The average Bonchev–Trinajstić information content (AvgIpc) is 2.98. The summed E-state index contributed by atoms with van der Waals surface area (Å²) in [6.45, 7) is 0.520. The predicted octanol–water partition coefficient (Wildman–Crippen LogP) is 1.77. The standard InChI is InChI=1S/C10H13BrN2O2/c1-14-8-5-13-4-7(11)9(8)10(2-3-10)6-15-12/h4-5H,2-3,6,12H2,1H3. The van der Waals surface area contributed by atoms with E-state index >= 15 is 0 Å². The molecule has 0 aromatic carbocycles. The normalized spacial score (nSPS) is 17.5. The summed E-state index contributed by atoms with van der Waals surface area (Å²) in [4.78, 5) is 8.85. The molecule has 1 aromatic rings. The summed E-state index contributed by atoms with van der Waals surface area (Å²) in [5, 5.41) is 0. The highest BCUT2D eigenvalue weighted by Crippen LogP contribution is 2.53. The van der Waals surface area contributed by atoms with Crippen LogP contribution in [-0.4, -0.2) is 18.7 Å². The van der Waals surface area contributed by atoms with E-state index in [1.807, 2.05) is 0 Å². The Labute approximate surface area is 96.9 Å². The Morgan fingerprint density at radius 1 is 1.53 bits per heavy atom. The third-order valence-corrected chi connectivity index (χ3v) is 3.43. The molecule has 1 heterocycles. The Morgan fingerprint density at radius 3 is 2.80 bits per heavy atom. The number of nitrogens with two attached hydrogens (primary N) is 1. The Kier molecular flexibility index (Phi) is 2.95. The fraction of sp³-hybridized carbons (Fsp3) is 0.500. The molecule has 1 saturated carbocycles. The van der Waals surface area contributed by atoms with Gasteiger partial charge in [0.25, 0.3) is 0 Å². The molecule has 0 radical (unpaired) electrons. The van der Waals surface area contributed by atoms with E-state index in [1.165, 1.54) is 0 Å². The van der Waals surface area contributed by atoms with Crippen LogP contribution in [0.2, 0.25) is 0 Å². The molecule has 0 unspecified atom stereocenters. The lowest BCUT2D eigenvalue weighted by Crippen LogP contribution is -2.19. The van der Waals surface area contributed by atoms with E-state index in [0.29, 0.717) is 6.61 Å². The van der Waals surface area contributed by atoms with Crippen LogP contribution in [0.5, 0.6) is 5.75 Å². The van der Waals surface area contributed by atoms with Gasteiger partial charge in [0.1, 0.15) is 5.75 Å². The fourth-order valence-corrected chi connectivity index (χ4v) is 2.60. The molecule has 0 spiro atoms. The largest absolute Gasteiger partial charge is 0.495 e.